The summed E-state index contributed by atoms with van der Waals surface area (Å²) in [4.78, 5) is 3.07. The van der Waals surface area contributed by atoms with Crippen LogP contribution in [0.15, 0.2) is 18.2 Å². The van der Waals surface area contributed by atoms with Crippen molar-refractivity contribution in [3.63, 3.8) is 0 Å². The van der Waals surface area contributed by atoms with Crippen LogP contribution in [0.4, 0.5) is 5.69 Å². The van der Waals surface area contributed by atoms with Crippen molar-refractivity contribution < 1.29 is 0 Å². The molecule has 0 aliphatic heterocycles. The number of nitrogens with zero attached hydrogens (tertiary/aromatic N) is 1. The number of para-hydroxylation sites is 1. The number of nitrogens with two attached hydrogens (primary N) is 1. The van der Waals surface area contributed by atoms with Gasteiger partial charge in [0.05, 0.1) is 16.7 Å². The fraction of sp³-hybridized carbons (Fsp3) is 0.125. The highest BCUT2D eigenvalue weighted by Gasteiger charge is 2.02. The van der Waals surface area contributed by atoms with Crippen LogP contribution >= 0.6 is 12.2 Å². The minimum Gasteiger partial charge on any atom is -0.397 e. The smallest absolute Gasteiger partial charge is 0.177 e. The molecule has 3 N–H and O–H groups in total. The van der Waals surface area contributed by atoms with E-state index in [-0.39, 0.29) is 0 Å². The summed E-state index contributed by atoms with van der Waals surface area (Å²) in [5.41, 5.74) is 8.50. The first kappa shape index (κ1) is 7.36. The number of hydrogen-bond donors (Lipinski definition) is 2. The number of fused-ring (bicyclic) bond motifs is 1. The van der Waals surface area contributed by atoms with Crippen molar-refractivity contribution in [2.75, 3.05) is 5.73 Å². The summed E-state index contributed by atoms with van der Waals surface area (Å²) < 4.78 is 2.57. The van der Waals surface area contributed by atoms with Crippen LogP contribution < -0.4 is 5.73 Å². The van der Waals surface area contributed by atoms with Gasteiger partial charge in [0.2, 0.25) is 0 Å². The van der Waals surface area contributed by atoms with Gasteiger partial charge in [-0.1, -0.05) is 6.07 Å². The van der Waals surface area contributed by atoms with Gasteiger partial charge in [-0.2, -0.15) is 0 Å². The Morgan fingerprint density at radius 3 is 2.92 bits per heavy atom. The molecule has 0 fully saturated rings. The van der Waals surface area contributed by atoms with E-state index in [2.05, 4.69) is 4.98 Å². The number of benzene rings is 1. The summed E-state index contributed by atoms with van der Waals surface area (Å²) >= 11 is 5.07. The Balaban J connectivity index is 3.07. The van der Waals surface area contributed by atoms with E-state index < -0.39 is 0 Å². The Morgan fingerprint density at radius 1 is 1.50 bits per heavy atom. The lowest BCUT2D eigenvalue weighted by atomic mass is 10.3. The van der Waals surface area contributed by atoms with Crippen molar-refractivity contribution >= 4 is 28.9 Å². The zero-order chi connectivity index (χ0) is 8.72. The number of aryl methyl sites for hydroxylation is 1. The lowest BCUT2D eigenvalue weighted by molar-refractivity contribution is 0.928. The summed E-state index contributed by atoms with van der Waals surface area (Å²) in [7, 11) is 1.90. The second kappa shape index (κ2) is 2.35. The zero-order valence-electron chi connectivity index (χ0n) is 6.66. The van der Waals surface area contributed by atoms with Gasteiger partial charge in [0.15, 0.2) is 4.77 Å². The van der Waals surface area contributed by atoms with Crippen LogP contribution in [0.2, 0.25) is 0 Å². The standard InChI is InChI=1S/C8H9N3S/c1-11-7-5(9)3-2-4-6(7)10-8(11)12/h2-4H,9H2,1H3,(H,10,12). The van der Waals surface area contributed by atoms with E-state index >= 15 is 0 Å². The Morgan fingerprint density at radius 2 is 2.25 bits per heavy atom. The van der Waals surface area contributed by atoms with Crippen LogP contribution in [0.3, 0.4) is 0 Å². The third-order valence-electron chi connectivity index (χ3n) is 1.95. The molecule has 0 unspecified atom stereocenters. The SMILES string of the molecule is Cn1c(=S)[nH]c2cccc(N)c21. The summed E-state index contributed by atoms with van der Waals surface area (Å²) in [5.74, 6) is 0. The third kappa shape index (κ3) is 0.848. The molecule has 0 spiro atoms. The van der Waals surface area contributed by atoms with Crippen LogP contribution in [-0.2, 0) is 7.05 Å². The van der Waals surface area contributed by atoms with Crippen molar-refractivity contribution in [2.24, 2.45) is 7.05 Å². The van der Waals surface area contributed by atoms with E-state index in [4.69, 9.17) is 18.0 Å². The van der Waals surface area contributed by atoms with Gasteiger partial charge in [-0.25, -0.2) is 0 Å². The van der Waals surface area contributed by atoms with Gasteiger partial charge in [0.1, 0.15) is 0 Å². The van der Waals surface area contributed by atoms with E-state index in [9.17, 15) is 0 Å². The fourth-order valence-electron chi connectivity index (χ4n) is 1.34. The average molecular weight is 179 g/mol. The maximum atomic E-state index is 5.78. The first-order valence-corrected chi connectivity index (χ1v) is 4.04. The second-order valence-corrected chi connectivity index (χ2v) is 3.12. The predicted octanol–water partition coefficient (Wildman–Crippen LogP) is 1.82. The minimum atomic E-state index is 0.697. The normalized spacial score (nSPS) is 10.8. The second-order valence-electron chi connectivity index (χ2n) is 2.73. The fourth-order valence-corrected chi connectivity index (χ4v) is 1.54. The van der Waals surface area contributed by atoms with E-state index in [0.29, 0.717) is 4.77 Å². The first-order valence-electron chi connectivity index (χ1n) is 3.63. The molecule has 4 heteroatoms. The number of nitrogen functional groups attached to an aromatic ring is 1. The molecule has 2 rings (SSSR count). The molecule has 12 heavy (non-hydrogen) atoms. The van der Waals surface area contributed by atoms with Crippen molar-refractivity contribution in [3.8, 4) is 0 Å². The summed E-state index contributed by atoms with van der Waals surface area (Å²) in [6.07, 6.45) is 0. The van der Waals surface area contributed by atoms with Crippen LogP contribution in [0.25, 0.3) is 11.0 Å². The summed E-state index contributed by atoms with van der Waals surface area (Å²) in [5, 5.41) is 0. The van der Waals surface area contributed by atoms with E-state index in [1.807, 2.05) is 29.8 Å². The number of aromatic nitrogens is 2. The van der Waals surface area contributed by atoms with Gasteiger partial charge in [0, 0.05) is 7.05 Å². The largest absolute Gasteiger partial charge is 0.397 e. The van der Waals surface area contributed by atoms with Crippen LogP contribution in [0.1, 0.15) is 0 Å². The Hall–Kier alpha value is -1.29. The van der Waals surface area contributed by atoms with Gasteiger partial charge < -0.3 is 15.3 Å². The Labute approximate surface area is 74.8 Å². The van der Waals surface area contributed by atoms with E-state index in [0.717, 1.165) is 16.7 Å². The van der Waals surface area contributed by atoms with Gasteiger partial charge in [-0.3, -0.25) is 0 Å². The molecule has 0 aliphatic rings. The maximum absolute atomic E-state index is 5.78. The molecule has 1 aromatic carbocycles. The van der Waals surface area contributed by atoms with Gasteiger partial charge >= 0.3 is 0 Å². The highest BCUT2D eigenvalue weighted by molar-refractivity contribution is 7.71. The number of anilines is 1. The summed E-state index contributed by atoms with van der Waals surface area (Å²) in [6, 6.07) is 5.73. The minimum absolute atomic E-state index is 0.697. The number of H-pyrrole nitrogens is 1. The molecule has 0 saturated heterocycles. The monoisotopic (exact) mass is 179 g/mol. The van der Waals surface area contributed by atoms with E-state index in [1.54, 1.807) is 0 Å². The molecule has 0 amide bonds. The molecule has 0 aliphatic carbocycles. The molecular formula is C8H9N3S. The number of rotatable bonds is 0. The molecule has 0 saturated carbocycles. The van der Waals surface area contributed by atoms with Gasteiger partial charge in [-0.15, -0.1) is 0 Å². The third-order valence-corrected chi connectivity index (χ3v) is 2.32. The molecule has 1 aromatic heterocycles. The molecule has 0 atom stereocenters. The quantitative estimate of drug-likeness (QED) is 0.478. The maximum Gasteiger partial charge on any atom is 0.177 e. The summed E-state index contributed by atoms with van der Waals surface area (Å²) in [6.45, 7) is 0. The predicted molar refractivity (Wildman–Crippen MR) is 52.5 cm³/mol. The topological polar surface area (TPSA) is 46.7 Å². The number of imidazole rings is 1. The van der Waals surface area contributed by atoms with Gasteiger partial charge in [0.25, 0.3) is 0 Å². The van der Waals surface area contributed by atoms with Crippen LogP contribution in [0.5, 0.6) is 0 Å². The van der Waals surface area contributed by atoms with Crippen LogP contribution in [0, 0.1) is 4.77 Å². The molecule has 0 bridgehead atoms. The molecule has 0 radical (unpaired) electrons. The Kier molecular flexibility index (Phi) is 1.44. The Bertz CT molecular complexity index is 480. The highest BCUT2D eigenvalue weighted by Crippen LogP contribution is 2.18. The zero-order valence-corrected chi connectivity index (χ0v) is 7.48. The molecule has 1 heterocycles. The van der Waals surface area contributed by atoms with Gasteiger partial charge in [-0.05, 0) is 24.4 Å². The molecule has 2 aromatic rings. The average Bonchev–Trinajstić information content (AvgIpc) is 2.29. The first-order chi connectivity index (χ1) is 5.70. The number of nitrogens with one attached hydrogen (secondary N) is 1. The molecular weight excluding hydrogens is 170 g/mol. The lowest BCUT2D eigenvalue weighted by Crippen LogP contribution is -1.92. The van der Waals surface area contributed by atoms with E-state index in [1.165, 1.54) is 0 Å². The highest BCUT2D eigenvalue weighted by atomic mass is 32.1. The van der Waals surface area contributed by atoms with Crippen molar-refractivity contribution in [1.29, 1.82) is 0 Å². The number of hydrogen-bond acceptors (Lipinski definition) is 2. The molecule has 62 valence electrons. The lowest BCUT2D eigenvalue weighted by Gasteiger charge is -1.97. The van der Waals surface area contributed by atoms with Crippen LogP contribution in [-0.4, -0.2) is 9.55 Å². The number of aromatic amines is 1. The van der Waals surface area contributed by atoms with Crippen molar-refractivity contribution in [1.82, 2.24) is 9.55 Å². The van der Waals surface area contributed by atoms with Crippen molar-refractivity contribution in [3.05, 3.63) is 23.0 Å². The molecule has 3 nitrogen and oxygen atoms in total. The van der Waals surface area contributed by atoms with Crippen molar-refractivity contribution in [2.45, 2.75) is 0 Å².